The number of hydrogen-bond acceptors (Lipinski definition) is 0. The third-order valence-corrected chi connectivity index (χ3v) is 3.15. The Balaban J connectivity index is 2.18. The first kappa shape index (κ1) is 8.78. The normalized spacial score (nSPS) is 12.1. The van der Waals surface area contributed by atoms with Crippen LogP contribution in [-0.2, 0) is 6.42 Å². The number of benzene rings is 2. The standard InChI is InChI=1S/C14H12B/c1-15-12-6-7-14-11(9-12)8-10-4-2-3-5-13(10)14/h2-7,9H,8H2,1H3. The summed E-state index contributed by atoms with van der Waals surface area (Å²) in [6, 6.07) is 15.4. The van der Waals surface area contributed by atoms with Gasteiger partial charge in [-0.05, 0) is 28.7 Å². The fourth-order valence-electron chi connectivity index (χ4n) is 2.34. The van der Waals surface area contributed by atoms with E-state index in [9.17, 15) is 0 Å². The van der Waals surface area contributed by atoms with Crippen LogP contribution in [0, 0.1) is 0 Å². The molecule has 0 atom stereocenters. The highest BCUT2D eigenvalue weighted by Crippen LogP contribution is 2.35. The van der Waals surface area contributed by atoms with Crippen molar-refractivity contribution >= 4 is 12.7 Å². The van der Waals surface area contributed by atoms with Gasteiger partial charge in [-0.15, -0.1) is 0 Å². The maximum Gasteiger partial charge on any atom is 0.148 e. The Bertz CT molecular complexity index is 514. The first-order valence-electron chi connectivity index (χ1n) is 5.39. The van der Waals surface area contributed by atoms with Gasteiger partial charge in [0.05, 0.1) is 0 Å². The molecule has 71 valence electrons. The van der Waals surface area contributed by atoms with Crippen molar-refractivity contribution < 1.29 is 0 Å². The minimum absolute atomic E-state index is 1.09. The van der Waals surface area contributed by atoms with Crippen molar-refractivity contribution in [2.45, 2.75) is 13.2 Å². The first-order chi connectivity index (χ1) is 7.38. The second-order valence-corrected chi connectivity index (χ2v) is 4.04. The molecule has 1 heteroatoms. The van der Waals surface area contributed by atoms with Crippen molar-refractivity contribution in [2.75, 3.05) is 0 Å². The molecule has 0 spiro atoms. The topological polar surface area (TPSA) is 0 Å². The molecule has 0 aliphatic heterocycles. The Morgan fingerprint density at radius 3 is 2.60 bits per heavy atom. The van der Waals surface area contributed by atoms with E-state index in [-0.39, 0.29) is 0 Å². The van der Waals surface area contributed by atoms with Crippen LogP contribution in [-0.4, -0.2) is 7.28 Å². The summed E-state index contributed by atoms with van der Waals surface area (Å²) in [6.07, 6.45) is 1.09. The van der Waals surface area contributed by atoms with Crippen molar-refractivity contribution in [1.29, 1.82) is 0 Å². The van der Waals surface area contributed by atoms with Gasteiger partial charge in [-0.25, -0.2) is 0 Å². The third-order valence-electron chi connectivity index (χ3n) is 3.15. The van der Waals surface area contributed by atoms with E-state index in [1.54, 1.807) is 0 Å². The highest BCUT2D eigenvalue weighted by Gasteiger charge is 2.17. The molecule has 3 rings (SSSR count). The van der Waals surface area contributed by atoms with Gasteiger partial charge in [-0.1, -0.05) is 54.8 Å². The van der Waals surface area contributed by atoms with Crippen LogP contribution in [0.25, 0.3) is 11.1 Å². The van der Waals surface area contributed by atoms with Gasteiger partial charge >= 0.3 is 0 Å². The van der Waals surface area contributed by atoms with E-state index in [4.69, 9.17) is 0 Å². The minimum atomic E-state index is 1.09. The quantitative estimate of drug-likeness (QED) is 0.518. The lowest BCUT2D eigenvalue weighted by molar-refractivity contribution is 1.27. The van der Waals surface area contributed by atoms with Crippen LogP contribution >= 0.6 is 0 Å². The Hall–Kier alpha value is -1.50. The summed E-state index contributed by atoms with van der Waals surface area (Å²) in [5.41, 5.74) is 7.07. The van der Waals surface area contributed by atoms with Crippen molar-refractivity contribution in [2.24, 2.45) is 0 Å². The fraction of sp³-hybridized carbons (Fsp3) is 0.143. The zero-order valence-electron chi connectivity index (χ0n) is 8.83. The van der Waals surface area contributed by atoms with E-state index in [0.29, 0.717) is 0 Å². The van der Waals surface area contributed by atoms with Crippen LogP contribution in [0.4, 0.5) is 0 Å². The van der Waals surface area contributed by atoms with E-state index in [0.717, 1.165) is 6.42 Å². The van der Waals surface area contributed by atoms with E-state index in [2.05, 4.69) is 56.6 Å². The average molecular weight is 191 g/mol. The summed E-state index contributed by atoms with van der Waals surface area (Å²) in [4.78, 5) is 0. The Labute approximate surface area is 91.2 Å². The molecule has 0 fully saturated rings. The molecule has 0 bridgehead atoms. The fourth-order valence-corrected chi connectivity index (χ4v) is 2.34. The highest BCUT2D eigenvalue weighted by atomic mass is 14.2. The predicted molar refractivity (Wildman–Crippen MR) is 65.9 cm³/mol. The maximum absolute atomic E-state index is 2.30. The molecule has 1 aliphatic rings. The SMILES string of the molecule is C[B]c1ccc2c(c1)Cc1ccccc1-2. The van der Waals surface area contributed by atoms with Gasteiger partial charge in [-0.3, -0.25) is 0 Å². The Morgan fingerprint density at radius 2 is 1.73 bits per heavy atom. The minimum Gasteiger partial charge on any atom is -0.0878 e. The van der Waals surface area contributed by atoms with E-state index in [1.165, 1.54) is 27.7 Å². The molecule has 0 N–H and O–H groups in total. The Morgan fingerprint density at radius 1 is 0.933 bits per heavy atom. The maximum atomic E-state index is 2.30. The molecule has 2 aromatic carbocycles. The summed E-state index contributed by atoms with van der Waals surface area (Å²) in [5.74, 6) is 0. The van der Waals surface area contributed by atoms with Crippen LogP contribution < -0.4 is 5.46 Å². The molecule has 0 saturated carbocycles. The van der Waals surface area contributed by atoms with Gasteiger partial charge in [0.15, 0.2) is 0 Å². The van der Waals surface area contributed by atoms with Gasteiger partial charge in [0.1, 0.15) is 7.28 Å². The van der Waals surface area contributed by atoms with E-state index >= 15 is 0 Å². The molecule has 0 aromatic heterocycles. The van der Waals surface area contributed by atoms with Crippen LogP contribution in [0.3, 0.4) is 0 Å². The first-order valence-corrected chi connectivity index (χ1v) is 5.39. The predicted octanol–water partition coefficient (Wildman–Crippen LogP) is 2.64. The Kier molecular flexibility index (Phi) is 1.91. The van der Waals surface area contributed by atoms with Gasteiger partial charge in [0, 0.05) is 0 Å². The van der Waals surface area contributed by atoms with E-state index in [1.807, 2.05) is 0 Å². The smallest absolute Gasteiger partial charge is 0.0878 e. The van der Waals surface area contributed by atoms with Gasteiger partial charge in [-0.2, -0.15) is 0 Å². The number of hydrogen-bond donors (Lipinski definition) is 0. The lowest BCUT2D eigenvalue weighted by Gasteiger charge is -2.02. The van der Waals surface area contributed by atoms with Gasteiger partial charge in [0.25, 0.3) is 0 Å². The molecule has 0 amide bonds. The van der Waals surface area contributed by atoms with Crippen molar-refractivity contribution in [3.63, 3.8) is 0 Å². The molecule has 1 radical (unpaired) electrons. The molecule has 2 aromatic rings. The number of rotatable bonds is 1. The highest BCUT2D eigenvalue weighted by molar-refractivity contribution is 6.52. The molecule has 0 saturated heterocycles. The molecular weight excluding hydrogens is 179 g/mol. The van der Waals surface area contributed by atoms with E-state index < -0.39 is 0 Å². The van der Waals surface area contributed by atoms with Crippen molar-refractivity contribution in [1.82, 2.24) is 0 Å². The number of fused-ring (bicyclic) bond motifs is 3. The lowest BCUT2D eigenvalue weighted by atomic mass is 9.72. The second-order valence-electron chi connectivity index (χ2n) is 4.04. The van der Waals surface area contributed by atoms with Gasteiger partial charge < -0.3 is 0 Å². The molecule has 0 unspecified atom stereocenters. The lowest BCUT2D eigenvalue weighted by Crippen LogP contribution is -2.10. The molecule has 0 heterocycles. The molecule has 0 nitrogen and oxygen atoms in total. The van der Waals surface area contributed by atoms with Gasteiger partial charge in [0.2, 0.25) is 0 Å². The van der Waals surface area contributed by atoms with Crippen LogP contribution in [0.15, 0.2) is 42.5 Å². The summed E-state index contributed by atoms with van der Waals surface area (Å²) in [5, 5.41) is 0. The summed E-state index contributed by atoms with van der Waals surface area (Å²) in [6.45, 7) is 2.09. The summed E-state index contributed by atoms with van der Waals surface area (Å²) in [7, 11) is 2.16. The third kappa shape index (κ3) is 1.31. The zero-order chi connectivity index (χ0) is 10.3. The molecule has 1 aliphatic carbocycles. The zero-order valence-corrected chi connectivity index (χ0v) is 8.83. The second kappa shape index (κ2) is 3.27. The van der Waals surface area contributed by atoms with Crippen molar-refractivity contribution in [3.05, 3.63) is 53.6 Å². The summed E-state index contributed by atoms with van der Waals surface area (Å²) >= 11 is 0. The van der Waals surface area contributed by atoms with Crippen LogP contribution in [0.5, 0.6) is 0 Å². The largest absolute Gasteiger partial charge is 0.148 e. The van der Waals surface area contributed by atoms with Crippen LogP contribution in [0.1, 0.15) is 11.1 Å². The van der Waals surface area contributed by atoms with Crippen LogP contribution in [0.2, 0.25) is 6.82 Å². The summed E-state index contributed by atoms with van der Waals surface area (Å²) < 4.78 is 0. The molecule has 15 heavy (non-hydrogen) atoms. The average Bonchev–Trinajstić information content (AvgIpc) is 2.66. The monoisotopic (exact) mass is 191 g/mol. The van der Waals surface area contributed by atoms with Crippen molar-refractivity contribution in [3.8, 4) is 11.1 Å². The molecular formula is C14H12B.